The van der Waals surface area contributed by atoms with Crippen LogP contribution in [0.4, 0.5) is 0 Å². The van der Waals surface area contributed by atoms with Crippen molar-refractivity contribution in [2.45, 2.75) is 59.4 Å². The van der Waals surface area contributed by atoms with E-state index in [1.54, 1.807) is 0 Å². The van der Waals surface area contributed by atoms with E-state index >= 15 is 0 Å². The SMILES string of the molecule is CCCNCC(CC)(CC)CN1CCOCC1(C)C. The number of nitrogens with zero attached hydrogens (tertiary/aromatic N) is 1. The lowest BCUT2D eigenvalue weighted by Crippen LogP contribution is -2.57. The minimum Gasteiger partial charge on any atom is -0.378 e. The molecule has 0 unspecified atom stereocenters. The van der Waals surface area contributed by atoms with Crippen LogP contribution in [0.1, 0.15) is 53.9 Å². The first-order valence-electron chi connectivity index (χ1n) is 8.03. The second-order valence-electron chi connectivity index (χ2n) is 6.67. The third kappa shape index (κ3) is 4.73. The fourth-order valence-corrected chi connectivity index (χ4v) is 2.90. The molecule has 3 nitrogen and oxygen atoms in total. The van der Waals surface area contributed by atoms with Crippen LogP contribution in [-0.2, 0) is 4.74 Å². The van der Waals surface area contributed by atoms with Gasteiger partial charge in [0.1, 0.15) is 0 Å². The van der Waals surface area contributed by atoms with Gasteiger partial charge in [-0.3, -0.25) is 4.90 Å². The quantitative estimate of drug-likeness (QED) is 0.686. The molecular weight excluding hydrogens is 236 g/mol. The van der Waals surface area contributed by atoms with Crippen LogP contribution in [0.5, 0.6) is 0 Å². The molecule has 1 aliphatic heterocycles. The summed E-state index contributed by atoms with van der Waals surface area (Å²) in [5, 5.41) is 3.64. The Morgan fingerprint density at radius 1 is 1.21 bits per heavy atom. The van der Waals surface area contributed by atoms with Crippen molar-refractivity contribution < 1.29 is 4.74 Å². The zero-order valence-corrected chi connectivity index (χ0v) is 13.7. The molecule has 0 aromatic carbocycles. The minimum absolute atomic E-state index is 0.179. The average molecular weight is 270 g/mol. The minimum atomic E-state index is 0.179. The second-order valence-corrected chi connectivity index (χ2v) is 6.67. The molecule has 1 aliphatic rings. The standard InChI is InChI=1S/C16H34N2O/c1-6-9-17-12-16(7-2,8-3)13-18-10-11-19-14-15(18,4)5/h17H,6-14H2,1-5H3. The molecule has 3 heteroatoms. The Balaban J connectivity index is 2.65. The second kappa shape index (κ2) is 7.61. The Morgan fingerprint density at radius 2 is 1.89 bits per heavy atom. The highest BCUT2D eigenvalue weighted by Gasteiger charge is 2.36. The first kappa shape index (κ1) is 16.9. The third-order valence-electron chi connectivity index (χ3n) is 4.77. The van der Waals surface area contributed by atoms with Crippen LogP contribution in [0.3, 0.4) is 0 Å². The highest BCUT2D eigenvalue weighted by atomic mass is 16.5. The van der Waals surface area contributed by atoms with Crippen molar-refractivity contribution in [3.05, 3.63) is 0 Å². The molecule has 114 valence electrons. The Bertz CT molecular complexity index is 249. The normalized spacial score (nSPS) is 20.7. The number of hydrogen-bond donors (Lipinski definition) is 1. The topological polar surface area (TPSA) is 24.5 Å². The summed E-state index contributed by atoms with van der Waals surface area (Å²) in [5.41, 5.74) is 0.586. The van der Waals surface area contributed by atoms with Gasteiger partial charge in [0.15, 0.2) is 0 Å². The van der Waals surface area contributed by atoms with Gasteiger partial charge in [-0.2, -0.15) is 0 Å². The van der Waals surface area contributed by atoms with Crippen molar-refractivity contribution >= 4 is 0 Å². The van der Waals surface area contributed by atoms with Crippen molar-refractivity contribution in [2.24, 2.45) is 5.41 Å². The third-order valence-corrected chi connectivity index (χ3v) is 4.77. The molecule has 0 atom stereocenters. The van der Waals surface area contributed by atoms with Crippen LogP contribution in [-0.4, -0.2) is 49.8 Å². The van der Waals surface area contributed by atoms with E-state index < -0.39 is 0 Å². The van der Waals surface area contributed by atoms with Gasteiger partial charge in [0.25, 0.3) is 0 Å². The van der Waals surface area contributed by atoms with E-state index in [9.17, 15) is 0 Å². The van der Waals surface area contributed by atoms with E-state index in [0.717, 1.165) is 32.8 Å². The Hall–Kier alpha value is -0.120. The van der Waals surface area contributed by atoms with Gasteiger partial charge in [-0.15, -0.1) is 0 Å². The maximum atomic E-state index is 5.64. The number of nitrogens with one attached hydrogen (secondary N) is 1. The number of ether oxygens (including phenoxy) is 1. The van der Waals surface area contributed by atoms with Crippen LogP contribution < -0.4 is 5.32 Å². The number of rotatable bonds is 8. The highest BCUT2D eigenvalue weighted by molar-refractivity contribution is 4.91. The summed E-state index contributed by atoms with van der Waals surface area (Å²) in [7, 11) is 0. The molecule has 1 heterocycles. The Kier molecular flexibility index (Phi) is 6.78. The summed E-state index contributed by atoms with van der Waals surface area (Å²) in [6.45, 7) is 17.8. The summed E-state index contributed by atoms with van der Waals surface area (Å²) in [6.07, 6.45) is 3.70. The molecule has 1 fully saturated rings. The summed E-state index contributed by atoms with van der Waals surface area (Å²) in [4.78, 5) is 2.64. The van der Waals surface area contributed by atoms with Gasteiger partial charge in [0, 0.05) is 25.2 Å². The van der Waals surface area contributed by atoms with Crippen molar-refractivity contribution in [1.29, 1.82) is 0 Å². The maximum absolute atomic E-state index is 5.64. The van der Waals surface area contributed by atoms with Gasteiger partial charge in [-0.25, -0.2) is 0 Å². The fourth-order valence-electron chi connectivity index (χ4n) is 2.90. The van der Waals surface area contributed by atoms with Crippen LogP contribution in [0, 0.1) is 5.41 Å². The van der Waals surface area contributed by atoms with Crippen LogP contribution >= 0.6 is 0 Å². The first-order valence-corrected chi connectivity index (χ1v) is 8.03. The summed E-state index contributed by atoms with van der Waals surface area (Å²) in [5.74, 6) is 0. The van der Waals surface area contributed by atoms with E-state index in [4.69, 9.17) is 4.74 Å². The number of hydrogen-bond acceptors (Lipinski definition) is 3. The van der Waals surface area contributed by atoms with Gasteiger partial charge in [-0.05, 0) is 45.1 Å². The fraction of sp³-hybridized carbons (Fsp3) is 1.00. The Labute approximate surface area is 120 Å². The summed E-state index contributed by atoms with van der Waals surface area (Å²) >= 11 is 0. The zero-order chi connectivity index (χ0) is 14.4. The van der Waals surface area contributed by atoms with Gasteiger partial charge in [-0.1, -0.05) is 20.8 Å². The molecule has 19 heavy (non-hydrogen) atoms. The van der Waals surface area contributed by atoms with Gasteiger partial charge in [0.05, 0.1) is 13.2 Å². The Morgan fingerprint density at radius 3 is 2.42 bits per heavy atom. The summed E-state index contributed by atoms with van der Waals surface area (Å²) < 4.78 is 5.64. The predicted molar refractivity (Wildman–Crippen MR) is 82.6 cm³/mol. The van der Waals surface area contributed by atoms with Crippen molar-refractivity contribution in [3.8, 4) is 0 Å². The highest BCUT2D eigenvalue weighted by Crippen LogP contribution is 2.31. The largest absolute Gasteiger partial charge is 0.378 e. The molecule has 0 amide bonds. The average Bonchev–Trinajstić information content (AvgIpc) is 2.40. The molecule has 1 rings (SSSR count). The maximum Gasteiger partial charge on any atom is 0.0645 e. The van der Waals surface area contributed by atoms with Crippen LogP contribution in [0.15, 0.2) is 0 Å². The van der Waals surface area contributed by atoms with E-state index in [-0.39, 0.29) is 5.54 Å². The van der Waals surface area contributed by atoms with E-state index in [0.29, 0.717) is 5.41 Å². The first-order chi connectivity index (χ1) is 8.99. The predicted octanol–water partition coefficient (Wildman–Crippen LogP) is 2.90. The molecule has 0 saturated carbocycles. The molecule has 0 bridgehead atoms. The molecule has 1 N–H and O–H groups in total. The molecule has 1 saturated heterocycles. The lowest BCUT2D eigenvalue weighted by atomic mass is 9.80. The van der Waals surface area contributed by atoms with Crippen molar-refractivity contribution in [1.82, 2.24) is 10.2 Å². The van der Waals surface area contributed by atoms with Crippen LogP contribution in [0.2, 0.25) is 0 Å². The lowest BCUT2D eigenvalue weighted by Gasteiger charge is -2.47. The smallest absolute Gasteiger partial charge is 0.0645 e. The van der Waals surface area contributed by atoms with Gasteiger partial charge in [0.2, 0.25) is 0 Å². The molecule has 0 spiro atoms. The zero-order valence-electron chi connectivity index (χ0n) is 13.7. The van der Waals surface area contributed by atoms with Crippen molar-refractivity contribution in [2.75, 3.05) is 39.4 Å². The van der Waals surface area contributed by atoms with Gasteiger partial charge >= 0.3 is 0 Å². The monoisotopic (exact) mass is 270 g/mol. The van der Waals surface area contributed by atoms with Crippen LogP contribution in [0.25, 0.3) is 0 Å². The molecule has 0 aromatic heterocycles. The molecule has 0 aromatic rings. The van der Waals surface area contributed by atoms with E-state index in [1.807, 2.05) is 0 Å². The summed E-state index contributed by atoms with van der Waals surface area (Å²) in [6, 6.07) is 0. The molecular formula is C16H34N2O. The van der Waals surface area contributed by atoms with Gasteiger partial charge < -0.3 is 10.1 Å². The molecule has 0 aliphatic carbocycles. The number of morpholine rings is 1. The van der Waals surface area contributed by atoms with E-state index in [2.05, 4.69) is 44.8 Å². The molecule has 0 radical (unpaired) electrons. The van der Waals surface area contributed by atoms with Crippen molar-refractivity contribution in [3.63, 3.8) is 0 Å². The lowest BCUT2D eigenvalue weighted by molar-refractivity contribution is -0.0692. The van der Waals surface area contributed by atoms with E-state index in [1.165, 1.54) is 25.8 Å².